The number of aliphatic hydroxyl groups excluding tert-OH is 1. The van der Waals surface area contributed by atoms with Crippen LogP contribution in [0.5, 0.6) is 0 Å². The zero-order chi connectivity index (χ0) is 74.2. The van der Waals surface area contributed by atoms with Gasteiger partial charge in [-0.2, -0.15) is 0 Å². The van der Waals surface area contributed by atoms with Gasteiger partial charge in [-0.05, 0) is 37.5 Å². The number of aliphatic hydroxyl groups is 1. The minimum absolute atomic E-state index is 0.108. The van der Waals surface area contributed by atoms with Crippen molar-refractivity contribution in [2.24, 2.45) is 11.8 Å². The van der Waals surface area contributed by atoms with Gasteiger partial charge in [0.15, 0.2) is 12.2 Å². The van der Waals surface area contributed by atoms with Gasteiger partial charge in [0, 0.05) is 25.7 Å². The lowest BCUT2D eigenvalue weighted by Gasteiger charge is -2.21. The van der Waals surface area contributed by atoms with Crippen LogP contribution in [0.1, 0.15) is 433 Å². The van der Waals surface area contributed by atoms with E-state index >= 15 is 0 Å². The summed E-state index contributed by atoms with van der Waals surface area (Å²) in [5.74, 6) is -0.441. The van der Waals surface area contributed by atoms with Crippen molar-refractivity contribution < 1.29 is 80.2 Å². The second kappa shape index (κ2) is 73.6. The molecule has 0 bridgehead atoms. The van der Waals surface area contributed by atoms with Crippen LogP contribution in [0.15, 0.2) is 0 Å². The lowest BCUT2D eigenvalue weighted by atomic mass is 9.99. The first kappa shape index (κ1) is 99.1. The maximum atomic E-state index is 13.1. The van der Waals surface area contributed by atoms with Crippen LogP contribution in [0.25, 0.3) is 0 Å². The monoisotopic (exact) mass is 1480 g/mol. The normalized spacial score (nSPS) is 14.2. The molecule has 0 radical (unpaired) electrons. The Labute approximate surface area is 619 Å². The fraction of sp³-hybridized carbons (Fsp3) is 0.951. The van der Waals surface area contributed by atoms with E-state index < -0.39 is 97.5 Å². The summed E-state index contributed by atoms with van der Waals surface area (Å²) >= 11 is 0. The summed E-state index contributed by atoms with van der Waals surface area (Å²) in [6.07, 6.45) is 64.3. The molecule has 0 aliphatic carbocycles. The molecular formula is C82H160O17P2. The summed E-state index contributed by atoms with van der Waals surface area (Å²) in [6, 6.07) is 0. The minimum atomic E-state index is -4.96. The van der Waals surface area contributed by atoms with Crippen LogP contribution >= 0.6 is 15.6 Å². The predicted molar refractivity (Wildman–Crippen MR) is 414 cm³/mol. The van der Waals surface area contributed by atoms with Crippen LogP contribution in [0.4, 0.5) is 0 Å². The molecule has 0 aromatic rings. The number of carbonyl (C=O) groups excluding carboxylic acids is 4. The minimum Gasteiger partial charge on any atom is -0.462 e. The average molecular weight is 1480 g/mol. The smallest absolute Gasteiger partial charge is 0.462 e. The van der Waals surface area contributed by atoms with Crippen molar-refractivity contribution in [2.45, 2.75) is 452 Å². The Kier molecular flexibility index (Phi) is 72.2. The number of esters is 4. The molecule has 3 unspecified atom stereocenters. The highest BCUT2D eigenvalue weighted by Crippen LogP contribution is 2.45. The molecule has 0 aromatic carbocycles. The second-order valence-corrected chi connectivity index (χ2v) is 33.1. The third-order valence-corrected chi connectivity index (χ3v) is 21.5. The summed E-state index contributed by atoms with van der Waals surface area (Å²) in [7, 11) is -9.91. The molecule has 101 heavy (non-hydrogen) atoms. The summed E-state index contributed by atoms with van der Waals surface area (Å²) in [5.41, 5.74) is 0. The number of phosphoric ester groups is 2. The Hall–Kier alpha value is -1.94. The molecule has 0 heterocycles. The highest BCUT2D eigenvalue weighted by atomic mass is 31.2. The third-order valence-electron chi connectivity index (χ3n) is 19.6. The SMILES string of the molecule is CCCCCCCCCCCCCCCCCCC(=O)O[C@H](COC(=O)CCCCCCC)COP(=O)(O)OC[C@H](O)COP(=O)(O)OC[C@@H](COC(=O)CCCCCCCCCCCCCCCCCC(C)C)OC(=O)CCCCCCCCCCCCCCCCCCCCC(C)CC. The molecule has 17 nitrogen and oxygen atoms in total. The van der Waals surface area contributed by atoms with Crippen molar-refractivity contribution >= 4 is 39.5 Å². The Morgan fingerprint density at radius 3 is 0.752 bits per heavy atom. The number of phosphoric acid groups is 2. The first-order valence-electron chi connectivity index (χ1n) is 42.5. The molecule has 0 rings (SSSR count). The zero-order valence-electron chi connectivity index (χ0n) is 66.2. The molecular weight excluding hydrogens is 1320 g/mol. The molecule has 600 valence electrons. The maximum Gasteiger partial charge on any atom is 0.472 e. The highest BCUT2D eigenvalue weighted by molar-refractivity contribution is 7.47. The molecule has 0 aliphatic rings. The maximum absolute atomic E-state index is 13.1. The summed E-state index contributed by atoms with van der Waals surface area (Å²) in [4.78, 5) is 72.7. The van der Waals surface area contributed by atoms with E-state index in [1.54, 1.807) is 0 Å². The largest absolute Gasteiger partial charge is 0.472 e. The van der Waals surface area contributed by atoms with Crippen molar-refractivity contribution in [3.63, 3.8) is 0 Å². The van der Waals surface area contributed by atoms with E-state index in [2.05, 4.69) is 41.5 Å². The van der Waals surface area contributed by atoms with E-state index in [9.17, 15) is 43.2 Å². The average Bonchev–Trinajstić information content (AvgIpc) is 0.976. The van der Waals surface area contributed by atoms with Crippen LogP contribution in [0.2, 0.25) is 0 Å². The van der Waals surface area contributed by atoms with E-state index in [-0.39, 0.29) is 25.7 Å². The van der Waals surface area contributed by atoms with E-state index in [1.165, 1.54) is 244 Å². The number of ether oxygens (including phenoxy) is 4. The molecule has 0 spiro atoms. The molecule has 0 aliphatic heterocycles. The van der Waals surface area contributed by atoms with Gasteiger partial charge < -0.3 is 33.8 Å². The topological polar surface area (TPSA) is 237 Å². The van der Waals surface area contributed by atoms with Gasteiger partial charge in [0.2, 0.25) is 0 Å². The lowest BCUT2D eigenvalue weighted by Crippen LogP contribution is -2.30. The summed E-state index contributed by atoms with van der Waals surface area (Å²) in [6.45, 7) is 9.65. The van der Waals surface area contributed by atoms with Crippen LogP contribution in [0, 0.1) is 11.8 Å². The van der Waals surface area contributed by atoms with Crippen LogP contribution in [-0.4, -0.2) is 96.7 Å². The summed E-state index contributed by atoms with van der Waals surface area (Å²) < 4.78 is 68.5. The van der Waals surface area contributed by atoms with Gasteiger partial charge in [0.1, 0.15) is 19.3 Å². The predicted octanol–water partition coefficient (Wildman–Crippen LogP) is 24.7. The van der Waals surface area contributed by atoms with Crippen molar-refractivity contribution in [2.75, 3.05) is 39.6 Å². The second-order valence-electron chi connectivity index (χ2n) is 30.2. The number of unbranched alkanes of at least 4 members (excludes halogenated alkanes) is 50. The molecule has 0 aromatic heterocycles. The standard InChI is InChI=1S/C82H160O17P2/c1-7-10-12-14-15-16-17-18-19-27-33-38-43-48-54-60-66-81(86)98-77(70-92-79(84)64-58-50-13-11-8-2)72-96-100(88,89)94-68-76(83)69-95-101(90,91)97-73-78(71-93-80(85)65-59-53-47-42-37-32-29-24-25-30-35-40-45-51-56-62-74(4)5)99-82(87)67-61-55-49-44-39-34-28-23-21-20-22-26-31-36-41-46-52-57-63-75(6)9-3/h74-78,83H,7-73H2,1-6H3,(H,88,89)(H,90,91)/t75?,76-,77+,78+/m0/s1. The quantitative estimate of drug-likeness (QED) is 0.0222. The summed E-state index contributed by atoms with van der Waals surface area (Å²) in [5, 5.41) is 10.6. The number of hydrogen-bond acceptors (Lipinski definition) is 15. The van der Waals surface area contributed by atoms with Crippen LogP contribution in [0.3, 0.4) is 0 Å². The molecule has 0 amide bonds. The van der Waals surface area contributed by atoms with Crippen LogP contribution in [-0.2, 0) is 65.4 Å². The zero-order valence-corrected chi connectivity index (χ0v) is 68.0. The van der Waals surface area contributed by atoms with Crippen molar-refractivity contribution in [3.05, 3.63) is 0 Å². The molecule has 3 N–H and O–H groups in total. The van der Waals surface area contributed by atoms with Crippen molar-refractivity contribution in [1.82, 2.24) is 0 Å². The lowest BCUT2D eigenvalue weighted by molar-refractivity contribution is -0.161. The van der Waals surface area contributed by atoms with Gasteiger partial charge >= 0.3 is 39.5 Å². The van der Waals surface area contributed by atoms with Gasteiger partial charge in [-0.3, -0.25) is 37.3 Å². The molecule has 0 fully saturated rings. The molecule has 0 saturated carbocycles. The van der Waals surface area contributed by atoms with E-state index in [0.717, 1.165) is 108 Å². The molecule has 6 atom stereocenters. The molecule has 19 heteroatoms. The first-order chi connectivity index (χ1) is 48.9. The Balaban J connectivity index is 5.11. The Morgan fingerprint density at radius 1 is 0.287 bits per heavy atom. The number of hydrogen-bond donors (Lipinski definition) is 3. The van der Waals surface area contributed by atoms with E-state index in [0.29, 0.717) is 25.7 Å². The number of rotatable bonds is 81. The van der Waals surface area contributed by atoms with Gasteiger partial charge in [0.05, 0.1) is 26.4 Å². The van der Waals surface area contributed by atoms with Gasteiger partial charge in [0.25, 0.3) is 0 Å². The molecule has 0 saturated heterocycles. The Morgan fingerprint density at radius 2 is 0.505 bits per heavy atom. The van der Waals surface area contributed by atoms with E-state index in [4.69, 9.17) is 37.0 Å². The van der Waals surface area contributed by atoms with Gasteiger partial charge in [-0.1, -0.05) is 382 Å². The third kappa shape index (κ3) is 74.7. The fourth-order valence-corrected chi connectivity index (χ4v) is 14.3. The van der Waals surface area contributed by atoms with Crippen molar-refractivity contribution in [1.29, 1.82) is 0 Å². The Bertz CT molecular complexity index is 1940. The van der Waals surface area contributed by atoms with Gasteiger partial charge in [-0.25, -0.2) is 9.13 Å². The van der Waals surface area contributed by atoms with Crippen LogP contribution < -0.4 is 0 Å². The van der Waals surface area contributed by atoms with E-state index in [1.807, 2.05) is 0 Å². The first-order valence-corrected chi connectivity index (χ1v) is 45.5. The number of carbonyl (C=O) groups is 4. The highest BCUT2D eigenvalue weighted by Gasteiger charge is 2.30. The van der Waals surface area contributed by atoms with Crippen molar-refractivity contribution in [3.8, 4) is 0 Å². The van der Waals surface area contributed by atoms with Gasteiger partial charge in [-0.15, -0.1) is 0 Å². The fourth-order valence-electron chi connectivity index (χ4n) is 12.7.